The van der Waals surface area contributed by atoms with Crippen molar-refractivity contribution in [1.29, 1.82) is 0 Å². The van der Waals surface area contributed by atoms with Crippen LogP contribution in [0.3, 0.4) is 0 Å². The molecule has 4 aliphatic carbocycles. The summed E-state index contributed by atoms with van der Waals surface area (Å²) in [7, 11) is 0. The molecule has 0 radical (unpaired) electrons. The van der Waals surface area contributed by atoms with Gasteiger partial charge in [-0.05, 0) is 74.5 Å². The lowest BCUT2D eigenvalue weighted by Gasteiger charge is -2.56. The van der Waals surface area contributed by atoms with Gasteiger partial charge in [0.25, 0.3) is 5.79 Å². The topological polar surface area (TPSA) is 90.9 Å². The smallest absolute Gasteiger partial charge is 0.350 e. The molecule has 5 aliphatic rings. The van der Waals surface area contributed by atoms with Gasteiger partial charge < -0.3 is 19.5 Å². The number of hydrogen-bond donors (Lipinski definition) is 1. The Bertz CT molecular complexity index is 937. The van der Waals surface area contributed by atoms with Gasteiger partial charge in [0.2, 0.25) is 0 Å². The third-order valence-electron chi connectivity index (χ3n) is 7.27. The lowest BCUT2D eigenvalue weighted by molar-refractivity contribution is -0.222. The number of carbonyl (C=O) groups is 3. The number of benzene rings is 1. The molecule has 5 fully saturated rings. The molecule has 0 unspecified atom stereocenters. The van der Waals surface area contributed by atoms with Gasteiger partial charge in [0.15, 0.2) is 5.57 Å². The van der Waals surface area contributed by atoms with E-state index in [4.69, 9.17) is 14.2 Å². The number of esters is 3. The number of ether oxygens (including phenoxy) is 3. The summed E-state index contributed by atoms with van der Waals surface area (Å²) in [6.07, 6.45) is 8.86. The van der Waals surface area contributed by atoms with Gasteiger partial charge in [-0.25, -0.2) is 14.4 Å². The predicted molar refractivity (Wildman–Crippen MR) is 115 cm³/mol. The van der Waals surface area contributed by atoms with Crippen LogP contribution in [-0.2, 0) is 23.8 Å². The van der Waals surface area contributed by atoms with Crippen LogP contribution in [0.15, 0.2) is 36.0 Å². The highest BCUT2D eigenvalue weighted by atomic mass is 16.7. The summed E-state index contributed by atoms with van der Waals surface area (Å²) in [6.45, 7) is 3.47. The van der Waals surface area contributed by atoms with E-state index in [1.54, 1.807) is 24.3 Å². The van der Waals surface area contributed by atoms with Crippen molar-refractivity contribution in [3.63, 3.8) is 0 Å². The molecule has 32 heavy (non-hydrogen) atoms. The molecule has 1 aromatic rings. The largest absolute Gasteiger partial charge is 0.462 e. The Kier molecular flexibility index (Phi) is 5.02. The molecular weight excluding hydrogens is 410 g/mol. The summed E-state index contributed by atoms with van der Waals surface area (Å²) >= 11 is 0. The van der Waals surface area contributed by atoms with Crippen molar-refractivity contribution in [1.82, 2.24) is 0 Å². The van der Waals surface area contributed by atoms with E-state index in [0.29, 0.717) is 17.9 Å². The maximum Gasteiger partial charge on any atom is 0.350 e. The molecule has 7 nitrogen and oxygen atoms in total. The summed E-state index contributed by atoms with van der Waals surface area (Å²) < 4.78 is 15.9. The average Bonchev–Trinajstić information content (AvgIpc) is 2.70. The monoisotopic (exact) mass is 439 g/mol. The number of cyclic esters (lactones) is 2. The van der Waals surface area contributed by atoms with Crippen LogP contribution in [0.1, 0.15) is 62.7 Å². The molecule has 1 heterocycles. The Hall–Kier alpha value is -2.83. The van der Waals surface area contributed by atoms with Crippen molar-refractivity contribution in [2.24, 2.45) is 23.2 Å². The minimum atomic E-state index is -1.29. The van der Waals surface area contributed by atoms with Crippen LogP contribution in [0.25, 0.3) is 0 Å². The molecule has 1 aromatic carbocycles. The molecule has 1 aliphatic heterocycles. The van der Waals surface area contributed by atoms with Gasteiger partial charge in [0.1, 0.15) is 0 Å². The first kappa shape index (κ1) is 21.0. The molecule has 0 atom stereocenters. The van der Waals surface area contributed by atoms with Gasteiger partial charge in [-0.3, -0.25) is 0 Å². The van der Waals surface area contributed by atoms with Crippen molar-refractivity contribution in [3.8, 4) is 0 Å². The Balaban J connectivity index is 1.22. The molecule has 1 N–H and O–H groups in total. The van der Waals surface area contributed by atoms with E-state index in [0.717, 1.165) is 17.8 Å². The fourth-order valence-corrected chi connectivity index (χ4v) is 6.44. The molecule has 6 rings (SSSR count). The first-order valence-electron chi connectivity index (χ1n) is 11.4. The third kappa shape index (κ3) is 4.12. The fourth-order valence-electron chi connectivity index (χ4n) is 6.44. The van der Waals surface area contributed by atoms with Crippen molar-refractivity contribution >= 4 is 23.6 Å². The highest BCUT2D eigenvalue weighted by Gasteiger charge is 2.51. The third-order valence-corrected chi connectivity index (χ3v) is 7.27. The van der Waals surface area contributed by atoms with Gasteiger partial charge in [0.05, 0.1) is 12.2 Å². The van der Waals surface area contributed by atoms with Crippen molar-refractivity contribution in [2.45, 2.75) is 58.2 Å². The van der Waals surface area contributed by atoms with Crippen LogP contribution in [0.4, 0.5) is 5.69 Å². The van der Waals surface area contributed by atoms with Crippen LogP contribution in [0.2, 0.25) is 0 Å². The summed E-state index contributed by atoms with van der Waals surface area (Å²) in [5.74, 6) is -0.728. The summed E-state index contributed by atoms with van der Waals surface area (Å²) in [4.78, 5) is 36.9. The van der Waals surface area contributed by atoms with E-state index in [9.17, 15) is 14.4 Å². The molecule has 0 spiro atoms. The molecule has 0 amide bonds. The lowest BCUT2D eigenvalue weighted by Crippen LogP contribution is -2.48. The second-order valence-electron chi connectivity index (χ2n) is 10.5. The van der Waals surface area contributed by atoms with Crippen LogP contribution < -0.4 is 5.32 Å². The Labute approximate surface area is 187 Å². The van der Waals surface area contributed by atoms with Crippen LogP contribution in [0.5, 0.6) is 0 Å². The number of rotatable bonds is 5. The van der Waals surface area contributed by atoms with Crippen molar-refractivity contribution in [2.75, 3.05) is 11.9 Å². The molecular formula is C25H29NO6. The second-order valence-corrected chi connectivity index (χ2v) is 10.5. The molecule has 4 saturated carbocycles. The SMILES string of the molecule is CC1(C)OC(=O)C(=CNc2cccc(C(=O)OCC34CC5CC(CC(C5)C3)C4)c2)C(=O)O1. The Morgan fingerprint density at radius 2 is 1.66 bits per heavy atom. The molecule has 7 heteroatoms. The first-order chi connectivity index (χ1) is 15.2. The highest BCUT2D eigenvalue weighted by molar-refractivity contribution is 6.15. The van der Waals surface area contributed by atoms with E-state index in [1.807, 2.05) is 0 Å². The van der Waals surface area contributed by atoms with Gasteiger partial charge in [-0.15, -0.1) is 0 Å². The van der Waals surface area contributed by atoms with Gasteiger partial charge in [-0.1, -0.05) is 6.07 Å². The molecule has 0 aromatic heterocycles. The summed E-state index contributed by atoms with van der Waals surface area (Å²) in [5.41, 5.74) is 0.902. The van der Waals surface area contributed by atoms with E-state index in [-0.39, 0.29) is 17.0 Å². The van der Waals surface area contributed by atoms with Crippen LogP contribution >= 0.6 is 0 Å². The molecule has 4 bridgehead atoms. The lowest BCUT2D eigenvalue weighted by atomic mass is 9.50. The van der Waals surface area contributed by atoms with E-state index < -0.39 is 17.7 Å². The number of anilines is 1. The van der Waals surface area contributed by atoms with E-state index in [1.165, 1.54) is 58.6 Å². The molecule has 170 valence electrons. The van der Waals surface area contributed by atoms with Gasteiger partial charge >= 0.3 is 17.9 Å². The predicted octanol–water partition coefficient (Wildman–Crippen LogP) is 4.19. The zero-order chi connectivity index (χ0) is 22.5. The average molecular weight is 440 g/mol. The van der Waals surface area contributed by atoms with Crippen LogP contribution in [-0.4, -0.2) is 30.3 Å². The van der Waals surface area contributed by atoms with E-state index in [2.05, 4.69) is 5.32 Å². The summed E-state index contributed by atoms with van der Waals surface area (Å²) in [6, 6.07) is 6.80. The van der Waals surface area contributed by atoms with Crippen LogP contribution in [0, 0.1) is 23.2 Å². The van der Waals surface area contributed by atoms with Crippen molar-refractivity contribution in [3.05, 3.63) is 41.6 Å². The summed E-state index contributed by atoms with van der Waals surface area (Å²) in [5, 5.41) is 2.88. The zero-order valence-corrected chi connectivity index (χ0v) is 18.5. The highest BCUT2D eigenvalue weighted by Crippen LogP contribution is 2.60. The van der Waals surface area contributed by atoms with Gasteiger partial charge in [-0.2, -0.15) is 0 Å². The standard InChI is InChI=1S/C25H29NO6/c1-24(2)31-22(28)20(23(29)32-24)13-26-19-5-3-4-18(9-19)21(27)30-14-25-10-15-6-16(11-25)8-17(7-15)12-25/h3-5,9,13,15-17,26H,6-8,10-12,14H2,1-2H3. The Morgan fingerprint density at radius 1 is 1.06 bits per heavy atom. The minimum absolute atomic E-state index is 0.167. The zero-order valence-electron chi connectivity index (χ0n) is 18.5. The molecule has 1 saturated heterocycles. The van der Waals surface area contributed by atoms with E-state index >= 15 is 0 Å². The second kappa shape index (κ2) is 7.64. The number of carbonyl (C=O) groups excluding carboxylic acids is 3. The maximum atomic E-state index is 12.8. The van der Waals surface area contributed by atoms with Gasteiger partial charge in [0, 0.05) is 31.1 Å². The normalized spacial score (nSPS) is 32.2. The maximum absolute atomic E-state index is 12.8. The fraction of sp³-hybridized carbons (Fsp3) is 0.560. The quantitative estimate of drug-likeness (QED) is 0.418. The number of hydrogen-bond acceptors (Lipinski definition) is 7. The minimum Gasteiger partial charge on any atom is -0.462 e. The number of nitrogens with one attached hydrogen (secondary N) is 1. The first-order valence-corrected chi connectivity index (χ1v) is 11.4. The Morgan fingerprint density at radius 3 is 2.25 bits per heavy atom. The van der Waals surface area contributed by atoms with Crippen molar-refractivity contribution < 1.29 is 28.6 Å².